The van der Waals surface area contributed by atoms with Crippen molar-refractivity contribution in [2.24, 2.45) is 0 Å². The molecule has 0 N–H and O–H groups in total. The van der Waals surface area contributed by atoms with Crippen LogP contribution in [0, 0.1) is 0 Å². The summed E-state index contributed by atoms with van der Waals surface area (Å²) in [6.07, 6.45) is 13.8. The highest BCUT2D eigenvalue weighted by Gasteiger charge is 2.08. The summed E-state index contributed by atoms with van der Waals surface area (Å²) in [5.41, 5.74) is 0. The van der Waals surface area contributed by atoms with Crippen LogP contribution in [0.15, 0.2) is 30.6 Å². The lowest BCUT2D eigenvalue weighted by Gasteiger charge is -2.03. The highest BCUT2D eigenvalue weighted by atomic mass is 16.5. The summed E-state index contributed by atoms with van der Waals surface area (Å²) >= 11 is 0. The van der Waals surface area contributed by atoms with Crippen LogP contribution in [-0.2, 0) is 16.1 Å². The van der Waals surface area contributed by atoms with Crippen molar-refractivity contribution in [2.75, 3.05) is 6.61 Å². The number of carbonyl (C=O) groups is 1. The Labute approximate surface area is 123 Å². The van der Waals surface area contributed by atoms with Crippen LogP contribution in [0.5, 0.6) is 0 Å². The number of hydrogen-bond donors (Lipinski definition) is 0. The molecule has 0 bridgehead atoms. The zero-order chi connectivity index (χ0) is 14.5. The minimum Gasteiger partial charge on any atom is -0.461 e. The first kappa shape index (κ1) is 16.7. The van der Waals surface area contributed by atoms with E-state index in [-0.39, 0.29) is 5.97 Å². The predicted molar refractivity (Wildman–Crippen MR) is 80.2 cm³/mol. The van der Waals surface area contributed by atoms with Crippen LogP contribution in [0.1, 0.15) is 58.3 Å². The van der Waals surface area contributed by atoms with Gasteiger partial charge in [0.25, 0.3) is 0 Å². The van der Waals surface area contributed by atoms with Gasteiger partial charge in [-0.05, 0) is 6.42 Å². The fourth-order valence-corrected chi connectivity index (χ4v) is 2.16. The first-order chi connectivity index (χ1) is 9.83. The minimum absolute atomic E-state index is 0.149. The Hall–Kier alpha value is -1.38. The molecule has 0 unspecified atom stereocenters. The van der Waals surface area contributed by atoms with Gasteiger partial charge in [0.2, 0.25) is 6.54 Å². The van der Waals surface area contributed by atoms with E-state index >= 15 is 0 Å². The maximum Gasteiger partial charge on any atom is 0.372 e. The SMILES string of the molecule is CCCCCCCCCCOC(=O)C[n+]1ccccc1. The van der Waals surface area contributed by atoms with Crippen LogP contribution in [0.3, 0.4) is 0 Å². The number of pyridine rings is 1. The summed E-state index contributed by atoms with van der Waals surface area (Å²) in [6, 6.07) is 5.75. The fourth-order valence-electron chi connectivity index (χ4n) is 2.16. The van der Waals surface area contributed by atoms with Crippen molar-refractivity contribution in [1.29, 1.82) is 0 Å². The van der Waals surface area contributed by atoms with E-state index in [0.29, 0.717) is 13.2 Å². The Morgan fingerprint density at radius 3 is 2.15 bits per heavy atom. The van der Waals surface area contributed by atoms with Crippen LogP contribution in [0.25, 0.3) is 0 Å². The number of aromatic nitrogens is 1. The molecular weight excluding hydrogens is 250 g/mol. The van der Waals surface area contributed by atoms with Crippen molar-refractivity contribution in [3.05, 3.63) is 30.6 Å². The van der Waals surface area contributed by atoms with Gasteiger partial charge in [-0.25, -0.2) is 4.79 Å². The first-order valence-electron chi connectivity index (χ1n) is 7.92. The molecule has 0 aliphatic heterocycles. The molecule has 3 nitrogen and oxygen atoms in total. The van der Waals surface area contributed by atoms with Crippen LogP contribution < -0.4 is 4.57 Å². The van der Waals surface area contributed by atoms with Crippen molar-refractivity contribution in [2.45, 2.75) is 64.8 Å². The molecule has 0 aliphatic carbocycles. The number of ether oxygens (including phenoxy) is 1. The topological polar surface area (TPSA) is 30.2 Å². The lowest BCUT2D eigenvalue weighted by Crippen LogP contribution is -2.37. The van der Waals surface area contributed by atoms with E-state index in [1.807, 2.05) is 35.2 Å². The zero-order valence-electron chi connectivity index (χ0n) is 12.7. The van der Waals surface area contributed by atoms with Gasteiger partial charge >= 0.3 is 5.97 Å². The molecule has 1 aromatic rings. The lowest BCUT2D eigenvalue weighted by molar-refractivity contribution is -0.686. The van der Waals surface area contributed by atoms with E-state index in [1.54, 1.807) is 0 Å². The van der Waals surface area contributed by atoms with Crippen molar-refractivity contribution in [1.82, 2.24) is 0 Å². The van der Waals surface area contributed by atoms with Gasteiger partial charge in [0, 0.05) is 12.1 Å². The molecule has 0 spiro atoms. The summed E-state index contributed by atoms with van der Waals surface area (Å²) in [7, 11) is 0. The second-order valence-electron chi connectivity index (χ2n) is 5.24. The molecule has 0 radical (unpaired) electrons. The number of rotatable bonds is 11. The van der Waals surface area contributed by atoms with Gasteiger partial charge in [0.15, 0.2) is 12.4 Å². The highest BCUT2D eigenvalue weighted by Crippen LogP contribution is 2.08. The van der Waals surface area contributed by atoms with E-state index in [2.05, 4.69) is 6.92 Å². The summed E-state index contributed by atoms with van der Waals surface area (Å²) in [5.74, 6) is -0.149. The molecule has 0 atom stereocenters. The van der Waals surface area contributed by atoms with Crippen molar-refractivity contribution in [3.63, 3.8) is 0 Å². The van der Waals surface area contributed by atoms with Gasteiger partial charge in [-0.2, -0.15) is 4.57 Å². The number of esters is 1. The lowest BCUT2D eigenvalue weighted by atomic mass is 10.1. The molecule has 0 aromatic carbocycles. The van der Waals surface area contributed by atoms with E-state index in [4.69, 9.17) is 4.74 Å². The Kier molecular flexibility index (Phi) is 9.54. The molecule has 0 aliphatic rings. The van der Waals surface area contributed by atoms with Crippen molar-refractivity contribution in [3.8, 4) is 0 Å². The fraction of sp³-hybridized carbons (Fsp3) is 0.647. The molecule has 20 heavy (non-hydrogen) atoms. The van der Waals surface area contributed by atoms with E-state index in [9.17, 15) is 4.79 Å². The van der Waals surface area contributed by atoms with Gasteiger partial charge in [-0.15, -0.1) is 0 Å². The Morgan fingerprint density at radius 1 is 0.900 bits per heavy atom. The van der Waals surface area contributed by atoms with Gasteiger partial charge in [-0.1, -0.05) is 57.9 Å². The van der Waals surface area contributed by atoms with Crippen molar-refractivity contribution < 1.29 is 14.1 Å². The molecule has 1 rings (SSSR count). The summed E-state index contributed by atoms with van der Waals surface area (Å²) in [4.78, 5) is 11.6. The van der Waals surface area contributed by atoms with Gasteiger partial charge in [0.05, 0.1) is 6.61 Å². The van der Waals surface area contributed by atoms with E-state index < -0.39 is 0 Å². The maximum absolute atomic E-state index is 11.6. The molecule has 0 saturated heterocycles. The third-order valence-electron chi connectivity index (χ3n) is 3.35. The van der Waals surface area contributed by atoms with Crippen LogP contribution >= 0.6 is 0 Å². The first-order valence-corrected chi connectivity index (χ1v) is 7.92. The van der Waals surface area contributed by atoms with E-state index in [1.165, 1.54) is 38.5 Å². The number of nitrogens with zero attached hydrogens (tertiary/aromatic N) is 1. The Morgan fingerprint density at radius 2 is 1.50 bits per heavy atom. The zero-order valence-corrected chi connectivity index (χ0v) is 12.7. The second kappa shape index (κ2) is 11.4. The third-order valence-corrected chi connectivity index (χ3v) is 3.35. The summed E-state index contributed by atoms with van der Waals surface area (Å²) in [6.45, 7) is 3.10. The number of carbonyl (C=O) groups excluding carboxylic acids is 1. The van der Waals surface area contributed by atoms with Gasteiger partial charge < -0.3 is 4.74 Å². The summed E-state index contributed by atoms with van der Waals surface area (Å²) < 4.78 is 7.06. The Balaban J connectivity index is 1.92. The molecule has 1 aromatic heterocycles. The molecule has 0 saturated carbocycles. The van der Waals surface area contributed by atoms with E-state index in [0.717, 1.165) is 12.8 Å². The number of hydrogen-bond acceptors (Lipinski definition) is 2. The minimum atomic E-state index is -0.149. The molecule has 1 heterocycles. The second-order valence-corrected chi connectivity index (χ2v) is 5.24. The highest BCUT2D eigenvalue weighted by molar-refractivity contribution is 5.67. The van der Waals surface area contributed by atoms with Crippen molar-refractivity contribution >= 4 is 5.97 Å². The van der Waals surface area contributed by atoms with Gasteiger partial charge in [0.1, 0.15) is 0 Å². The van der Waals surface area contributed by atoms with Gasteiger partial charge in [-0.3, -0.25) is 0 Å². The van der Waals surface area contributed by atoms with Crippen LogP contribution in [0.2, 0.25) is 0 Å². The predicted octanol–water partition coefficient (Wildman–Crippen LogP) is 3.66. The molecule has 3 heteroatoms. The van der Waals surface area contributed by atoms with Crippen LogP contribution in [-0.4, -0.2) is 12.6 Å². The normalized spacial score (nSPS) is 10.4. The smallest absolute Gasteiger partial charge is 0.372 e. The maximum atomic E-state index is 11.6. The average molecular weight is 278 g/mol. The Bertz CT molecular complexity index is 351. The average Bonchev–Trinajstić information content (AvgIpc) is 2.46. The quantitative estimate of drug-likeness (QED) is 0.351. The third kappa shape index (κ3) is 8.68. The monoisotopic (exact) mass is 278 g/mol. The number of unbranched alkanes of at least 4 members (excludes halogenated alkanes) is 7. The largest absolute Gasteiger partial charge is 0.461 e. The molecule has 0 amide bonds. The summed E-state index contributed by atoms with van der Waals surface area (Å²) in [5, 5.41) is 0. The molecule has 0 fully saturated rings. The molecule has 112 valence electrons. The standard InChI is InChI=1S/C17H28NO2/c1-2-3-4-5-6-7-8-12-15-20-17(19)16-18-13-10-9-11-14-18/h9-11,13-14H,2-8,12,15-16H2,1H3/q+1. The van der Waals surface area contributed by atoms with Crippen LogP contribution in [0.4, 0.5) is 0 Å². The molecular formula is C17H28NO2+.